The Morgan fingerprint density at radius 2 is 1.92 bits per heavy atom. The lowest BCUT2D eigenvalue weighted by Gasteiger charge is -2.07. The van der Waals surface area contributed by atoms with E-state index in [1.54, 1.807) is 16.9 Å². The largest absolute Gasteiger partial charge is 0.505 e. The summed E-state index contributed by atoms with van der Waals surface area (Å²) < 4.78 is 15.2. The summed E-state index contributed by atoms with van der Waals surface area (Å²) in [7, 11) is 0. The van der Waals surface area contributed by atoms with Gasteiger partial charge in [0.25, 0.3) is 0 Å². The maximum absolute atomic E-state index is 13.4. The maximum Gasteiger partial charge on any atom is 0.168 e. The second-order valence-electron chi connectivity index (χ2n) is 5.49. The highest BCUT2D eigenvalue weighted by atomic mass is 19.1. The minimum atomic E-state index is -0.649. The quantitative estimate of drug-likeness (QED) is 0.599. The van der Waals surface area contributed by atoms with Crippen LogP contribution in [0, 0.1) is 5.82 Å². The van der Waals surface area contributed by atoms with E-state index < -0.39 is 5.82 Å². The van der Waals surface area contributed by atoms with Crippen molar-refractivity contribution in [3.05, 3.63) is 72.4 Å². The van der Waals surface area contributed by atoms with E-state index in [0.717, 1.165) is 11.1 Å². The normalized spacial score (nSPS) is 10.9. The van der Waals surface area contributed by atoms with Crippen LogP contribution in [-0.4, -0.2) is 24.9 Å². The van der Waals surface area contributed by atoms with Crippen molar-refractivity contribution >= 4 is 16.9 Å². The second kappa shape index (κ2) is 6.20. The first kappa shape index (κ1) is 15.1. The molecule has 4 rings (SSSR count). The standard InChI is InChI=1S/C18H14FN5O/c19-15-8-12(6-7-16(15)25)9-20-17-14-10-23-24(18(14)22-11-21-17)13-4-2-1-3-5-13/h1-8,10-11,25H,9H2,(H,20,21,22). The van der Waals surface area contributed by atoms with E-state index in [0.29, 0.717) is 23.6 Å². The van der Waals surface area contributed by atoms with Crippen LogP contribution in [0.25, 0.3) is 16.7 Å². The highest BCUT2D eigenvalue weighted by molar-refractivity contribution is 5.87. The zero-order valence-electron chi connectivity index (χ0n) is 13.1. The van der Waals surface area contributed by atoms with Crippen molar-refractivity contribution in [2.45, 2.75) is 6.54 Å². The SMILES string of the molecule is Oc1ccc(CNc2ncnc3c2cnn3-c2ccccc2)cc1F. The topological polar surface area (TPSA) is 75.9 Å². The van der Waals surface area contributed by atoms with Crippen molar-refractivity contribution < 1.29 is 9.50 Å². The van der Waals surface area contributed by atoms with Gasteiger partial charge in [-0.1, -0.05) is 24.3 Å². The number of anilines is 1. The van der Waals surface area contributed by atoms with Gasteiger partial charge in [-0.25, -0.2) is 19.0 Å². The molecule has 0 unspecified atom stereocenters. The molecule has 25 heavy (non-hydrogen) atoms. The lowest BCUT2D eigenvalue weighted by Crippen LogP contribution is -2.03. The second-order valence-corrected chi connectivity index (χ2v) is 5.49. The highest BCUT2D eigenvalue weighted by Crippen LogP contribution is 2.22. The molecule has 6 nitrogen and oxygen atoms in total. The minimum Gasteiger partial charge on any atom is -0.505 e. The Hall–Kier alpha value is -3.48. The highest BCUT2D eigenvalue weighted by Gasteiger charge is 2.11. The van der Waals surface area contributed by atoms with Gasteiger partial charge in [-0.05, 0) is 29.8 Å². The number of aromatic nitrogens is 4. The molecular formula is C18H14FN5O. The molecule has 0 fully saturated rings. The third-order valence-corrected chi connectivity index (χ3v) is 3.84. The van der Waals surface area contributed by atoms with Gasteiger partial charge >= 0.3 is 0 Å². The van der Waals surface area contributed by atoms with Crippen LogP contribution in [-0.2, 0) is 6.54 Å². The molecule has 0 amide bonds. The molecule has 2 heterocycles. The third-order valence-electron chi connectivity index (χ3n) is 3.84. The molecule has 0 spiro atoms. The van der Waals surface area contributed by atoms with Crippen molar-refractivity contribution in [2.24, 2.45) is 0 Å². The van der Waals surface area contributed by atoms with Crippen molar-refractivity contribution in [3.8, 4) is 11.4 Å². The number of phenolic OH excluding ortho intramolecular Hbond substituents is 1. The number of aromatic hydroxyl groups is 1. The molecular weight excluding hydrogens is 321 g/mol. The average Bonchev–Trinajstić information content (AvgIpc) is 3.08. The number of benzene rings is 2. The predicted molar refractivity (Wildman–Crippen MR) is 92.1 cm³/mol. The molecule has 0 aliphatic carbocycles. The van der Waals surface area contributed by atoms with Crippen molar-refractivity contribution in [1.29, 1.82) is 0 Å². The Morgan fingerprint density at radius 1 is 1.08 bits per heavy atom. The molecule has 0 atom stereocenters. The first-order valence-electron chi connectivity index (χ1n) is 7.68. The number of fused-ring (bicyclic) bond motifs is 1. The van der Waals surface area contributed by atoms with Gasteiger partial charge in [-0.3, -0.25) is 0 Å². The summed E-state index contributed by atoms with van der Waals surface area (Å²) in [5.74, 6) is -0.401. The van der Waals surface area contributed by atoms with Gasteiger partial charge in [0.15, 0.2) is 17.2 Å². The molecule has 2 N–H and O–H groups in total. The van der Waals surface area contributed by atoms with Crippen LogP contribution in [0.1, 0.15) is 5.56 Å². The van der Waals surface area contributed by atoms with E-state index in [4.69, 9.17) is 0 Å². The average molecular weight is 335 g/mol. The van der Waals surface area contributed by atoms with E-state index in [1.807, 2.05) is 30.3 Å². The van der Waals surface area contributed by atoms with Crippen LogP contribution in [0.3, 0.4) is 0 Å². The van der Waals surface area contributed by atoms with Crippen LogP contribution in [0.4, 0.5) is 10.2 Å². The number of para-hydroxylation sites is 1. The van der Waals surface area contributed by atoms with E-state index in [9.17, 15) is 9.50 Å². The van der Waals surface area contributed by atoms with E-state index in [1.165, 1.54) is 18.5 Å². The van der Waals surface area contributed by atoms with Gasteiger partial charge in [-0.15, -0.1) is 0 Å². The molecule has 124 valence electrons. The number of halogens is 1. The molecule has 0 saturated carbocycles. The number of nitrogens with one attached hydrogen (secondary N) is 1. The molecule has 0 aliphatic heterocycles. The first-order chi connectivity index (χ1) is 12.2. The van der Waals surface area contributed by atoms with Gasteiger partial charge in [0.1, 0.15) is 12.1 Å². The smallest absolute Gasteiger partial charge is 0.168 e. The fourth-order valence-corrected chi connectivity index (χ4v) is 2.59. The predicted octanol–water partition coefficient (Wildman–Crippen LogP) is 3.27. The molecule has 0 saturated heterocycles. The minimum absolute atomic E-state index is 0.361. The number of phenols is 1. The van der Waals surface area contributed by atoms with Gasteiger partial charge in [-0.2, -0.15) is 5.10 Å². The molecule has 7 heteroatoms. The summed E-state index contributed by atoms with van der Waals surface area (Å²) in [6.07, 6.45) is 3.16. The third kappa shape index (κ3) is 2.87. The molecule has 0 aliphatic rings. The number of rotatable bonds is 4. The van der Waals surface area contributed by atoms with Crippen LogP contribution < -0.4 is 5.32 Å². The maximum atomic E-state index is 13.4. The van der Waals surface area contributed by atoms with Gasteiger partial charge < -0.3 is 10.4 Å². The zero-order valence-corrected chi connectivity index (χ0v) is 13.1. The van der Waals surface area contributed by atoms with E-state index in [-0.39, 0.29) is 5.75 Å². The Labute approximate surface area is 142 Å². The van der Waals surface area contributed by atoms with E-state index >= 15 is 0 Å². The fraction of sp³-hybridized carbons (Fsp3) is 0.0556. The first-order valence-corrected chi connectivity index (χ1v) is 7.68. The summed E-state index contributed by atoms with van der Waals surface area (Å²) in [6, 6.07) is 14.0. The Bertz CT molecular complexity index is 1030. The number of hydrogen-bond acceptors (Lipinski definition) is 5. The Morgan fingerprint density at radius 3 is 2.72 bits per heavy atom. The molecule has 0 bridgehead atoms. The Kier molecular flexibility index (Phi) is 3.74. The van der Waals surface area contributed by atoms with Crippen LogP contribution in [0.15, 0.2) is 61.1 Å². The lowest BCUT2D eigenvalue weighted by atomic mass is 10.2. The summed E-state index contributed by atoms with van der Waals surface area (Å²) in [6.45, 7) is 0.361. The van der Waals surface area contributed by atoms with Crippen LogP contribution in [0.5, 0.6) is 5.75 Å². The van der Waals surface area contributed by atoms with Crippen LogP contribution in [0.2, 0.25) is 0 Å². The summed E-state index contributed by atoms with van der Waals surface area (Å²) in [5, 5.41) is 17.6. The summed E-state index contributed by atoms with van der Waals surface area (Å²) >= 11 is 0. The fourth-order valence-electron chi connectivity index (χ4n) is 2.59. The molecule has 4 aromatic rings. The number of nitrogens with zero attached hydrogens (tertiary/aromatic N) is 4. The number of hydrogen-bond donors (Lipinski definition) is 2. The van der Waals surface area contributed by atoms with Crippen molar-refractivity contribution in [3.63, 3.8) is 0 Å². The molecule has 2 aromatic heterocycles. The Balaban J connectivity index is 1.64. The summed E-state index contributed by atoms with van der Waals surface area (Å²) in [4.78, 5) is 8.57. The van der Waals surface area contributed by atoms with Gasteiger partial charge in [0.05, 0.1) is 17.3 Å². The van der Waals surface area contributed by atoms with E-state index in [2.05, 4.69) is 20.4 Å². The van der Waals surface area contributed by atoms with Crippen molar-refractivity contribution in [1.82, 2.24) is 19.7 Å². The molecule has 0 radical (unpaired) electrons. The lowest BCUT2D eigenvalue weighted by molar-refractivity contribution is 0.432. The zero-order chi connectivity index (χ0) is 17.2. The molecule has 2 aromatic carbocycles. The van der Waals surface area contributed by atoms with Gasteiger partial charge in [0, 0.05) is 6.54 Å². The van der Waals surface area contributed by atoms with Crippen LogP contribution >= 0.6 is 0 Å². The summed E-state index contributed by atoms with van der Waals surface area (Å²) in [5.41, 5.74) is 2.28. The van der Waals surface area contributed by atoms with Gasteiger partial charge in [0.2, 0.25) is 0 Å². The van der Waals surface area contributed by atoms with Crippen molar-refractivity contribution in [2.75, 3.05) is 5.32 Å². The monoisotopic (exact) mass is 335 g/mol.